The molecule has 0 aliphatic heterocycles. The Morgan fingerprint density at radius 3 is 2.46 bits per heavy atom. The van der Waals surface area contributed by atoms with Crippen LogP contribution in [0.1, 0.15) is 5.56 Å². The normalized spacial score (nSPS) is 12.0. The van der Waals surface area contributed by atoms with E-state index in [9.17, 15) is 31.7 Å². The minimum atomic E-state index is -4.95. The molecular weight excluding hydrogens is 401 g/mol. The van der Waals surface area contributed by atoms with Gasteiger partial charge in [0.1, 0.15) is 5.75 Å². The lowest BCUT2D eigenvalue weighted by molar-refractivity contribution is -0.387. The van der Waals surface area contributed by atoms with Crippen molar-refractivity contribution in [1.29, 1.82) is 0 Å². The number of halogens is 4. The van der Waals surface area contributed by atoms with E-state index in [1.165, 1.54) is 18.2 Å². The molecule has 2 aromatic carbocycles. The highest BCUT2D eigenvalue weighted by atomic mass is 35.5. The van der Waals surface area contributed by atoms with Gasteiger partial charge >= 0.3 is 6.36 Å². The predicted octanol–water partition coefficient (Wildman–Crippen LogP) is 3.63. The average molecular weight is 411 g/mol. The summed E-state index contributed by atoms with van der Waals surface area (Å²) in [6, 6.07) is 7.84. The standard InChI is InChI=1S/C14H10ClF3N2O5S/c15-10-5-6-13(11(7-10)20(21)22)26(23,24)19-8-9-3-1-2-4-12(9)25-14(16,17)18/h1-7,19H,8H2. The lowest BCUT2D eigenvalue weighted by atomic mass is 10.2. The molecule has 0 aromatic heterocycles. The first-order valence-electron chi connectivity index (χ1n) is 6.77. The third kappa shape index (κ3) is 5.07. The van der Waals surface area contributed by atoms with E-state index in [1.807, 2.05) is 4.72 Å². The molecular formula is C14H10ClF3N2O5S. The monoisotopic (exact) mass is 410 g/mol. The number of benzene rings is 2. The summed E-state index contributed by atoms with van der Waals surface area (Å²) in [5, 5.41) is 11.0. The van der Waals surface area contributed by atoms with E-state index in [2.05, 4.69) is 4.74 Å². The van der Waals surface area contributed by atoms with E-state index in [-0.39, 0.29) is 10.6 Å². The molecule has 0 saturated carbocycles. The van der Waals surface area contributed by atoms with Crippen molar-refractivity contribution in [3.8, 4) is 5.75 Å². The first-order chi connectivity index (χ1) is 12.0. The van der Waals surface area contributed by atoms with Crippen molar-refractivity contribution in [2.75, 3.05) is 0 Å². The van der Waals surface area contributed by atoms with Crippen LogP contribution in [-0.2, 0) is 16.6 Å². The lowest BCUT2D eigenvalue weighted by Crippen LogP contribution is -2.25. The quantitative estimate of drug-likeness (QED) is 0.579. The molecule has 2 rings (SSSR count). The fraction of sp³-hybridized carbons (Fsp3) is 0.143. The van der Waals surface area contributed by atoms with Crippen LogP contribution < -0.4 is 9.46 Å². The van der Waals surface area contributed by atoms with E-state index in [0.29, 0.717) is 0 Å². The molecule has 1 N–H and O–H groups in total. The molecule has 0 unspecified atom stereocenters. The Morgan fingerprint density at radius 2 is 1.85 bits per heavy atom. The fourth-order valence-corrected chi connectivity index (χ4v) is 3.31. The molecule has 0 aliphatic carbocycles. The smallest absolute Gasteiger partial charge is 0.405 e. The molecule has 0 radical (unpaired) electrons. The van der Waals surface area contributed by atoms with Crippen molar-refractivity contribution in [2.45, 2.75) is 17.8 Å². The highest BCUT2D eigenvalue weighted by molar-refractivity contribution is 7.89. The zero-order valence-electron chi connectivity index (χ0n) is 12.7. The van der Waals surface area contributed by atoms with Gasteiger partial charge in [0.2, 0.25) is 10.0 Å². The maximum Gasteiger partial charge on any atom is 0.573 e. The summed E-state index contributed by atoms with van der Waals surface area (Å²) in [4.78, 5) is 9.42. The Balaban J connectivity index is 2.29. The highest BCUT2D eigenvalue weighted by Gasteiger charge is 2.32. The number of hydrogen-bond donors (Lipinski definition) is 1. The second-order valence-electron chi connectivity index (χ2n) is 4.85. The Hall–Kier alpha value is -2.37. The van der Waals surface area contributed by atoms with Gasteiger partial charge in [-0.25, -0.2) is 13.1 Å². The Morgan fingerprint density at radius 1 is 1.19 bits per heavy atom. The summed E-state index contributed by atoms with van der Waals surface area (Å²) in [5.41, 5.74) is -0.866. The first-order valence-corrected chi connectivity index (χ1v) is 8.63. The van der Waals surface area contributed by atoms with Crippen LogP contribution in [0.5, 0.6) is 5.75 Å². The summed E-state index contributed by atoms with van der Waals surface area (Å²) in [5.74, 6) is -0.590. The number of nitrogens with zero attached hydrogens (tertiary/aromatic N) is 1. The maximum absolute atomic E-state index is 12.4. The molecule has 0 amide bonds. The number of hydrogen-bond acceptors (Lipinski definition) is 5. The van der Waals surface area contributed by atoms with Crippen LogP contribution in [0.25, 0.3) is 0 Å². The van der Waals surface area contributed by atoms with Crippen molar-refractivity contribution in [3.05, 3.63) is 63.2 Å². The summed E-state index contributed by atoms with van der Waals surface area (Å²) >= 11 is 5.62. The molecule has 7 nitrogen and oxygen atoms in total. The van der Waals surface area contributed by atoms with E-state index in [4.69, 9.17) is 11.6 Å². The SMILES string of the molecule is O=[N+]([O-])c1cc(Cl)ccc1S(=O)(=O)NCc1ccccc1OC(F)(F)F. The third-order valence-corrected chi connectivity index (χ3v) is 4.74. The van der Waals surface area contributed by atoms with Crippen LogP contribution in [0.4, 0.5) is 18.9 Å². The Kier molecular flexibility index (Phi) is 5.74. The van der Waals surface area contributed by atoms with Crippen LogP contribution in [-0.4, -0.2) is 19.7 Å². The minimum absolute atomic E-state index is 0.0421. The zero-order chi connectivity index (χ0) is 19.5. The van der Waals surface area contributed by atoms with E-state index < -0.39 is 44.2 Å². The van der Waals surface area contributed by atoms with Gasteiger partial charge in [-0.2, -0.15) is 0 Å². The van der Waals surface area contributed by atoms with Crippen molar-refractivity contribution < 1.29 is 31.2 Å². The highest BCUT2D eigenvalue weighted by Crippen LogP contribution is 2.29. The summed E-state index contributed by atoms with van der Waals surface area (Å²) < 4.78 is 67.6. The minimum Gasteiger partial charge on any atom is -0.405 e. The third-order valence-electron chi connectivity index (χ3n) is 3.06. The van der Waals surface area contributed by atoms with Crippen molar-refractivity contribution in [3.63, 3.8) is 0 Å². The van der Waals surface area contributed by atoms with Crippen molar-refractivity contribution in [1.82, 2.24) is 4.72 Å². The van der Waals surface area contributed by atoms with Gasteiger partial charge in [0.05, 0.1) is 4.92 Å². The second kappa shape index (κ2) is 7.48. The summed E-state index contributed by atoms with van der Waals surface area (Å²) in [6.07, 6.45) is -4.95. The molecule has 26 heavy (non-hydrogen) atoms. The molecule has 2 aromatic rings. The summed E-state index contributed by atoms with van der Waals surface area (Å²) in [6.45, 7) is -0.575. The zero-order valence-corrected chi connectivity index (χ0v) is 14.2. The molecule has 0 heterocycles. The number of para-hydroxylation sites is 1. The Bertz CT molecular complexity index is 934. The summed E-state index contributed by atoms with van der Waals surface area (Å²) in [7, 11) is -4.40. The van der Waals surface area contributed by atoms with Gasteiger partial charge in [-0.1, -0.05) is 29.8 Å². The van der Waals surface area contributed by atoms with Gasteiger partial charge < -0.3 is 4.74 Å². The Labute approximate surface area is 150 Å². The van der Waals surface area contributed by atoms with Crippen LogP contribution in [0.3, 0.4) is 0 Å². The largest absolute Gasteiger partial charge is 0.573 e. The van der Waals surface area contributed by atoms with Crippen molar-refractivity contribution >= 4 is 27.3 Å². The molecule has 12 heteroatoms. The van der Waals surface area contributed by atoms with Crippen LogP contribution >= 0.6 is 11.6 Å². The van der Waals surface area contributed by atoms with Crippen LogP contribution in [0.15, 0.2) is 47.4 Å². The average Bonchev–Trinajstić information content (AvgIpc) is 2.52. The topological polar surface area (TPSA) is 98.5 Å². The molecule has 140 valence electrons. The van der Waals surface area contributed by atoms with Crippen molar-refractivity contribution in [2.24, 2.45) is 0 Å². The molecule has 0 saturated heterocycles. The van der Waals surface area contributed by atoms with Crippen LogP contribution in [0.2, 0.25) is 5.02 Å². The molecule has 0 fully saturated rings. The van der Waals surface area contributed by atoms with E-state index in [1.54, 1.807) is 0 Å². The second-order valence-corrected chi connectivity index (χ2v) is 7.02. The maximum atomic E-state index is 12.4. The lowest BCUT2D eigenvalue weighted by Gasteiger charge is -2.14. The molecule has 0 bridgehead atoms. The number of sulfonamides is 1. The number of rotatable bonds is 6. The number of nitrogens with one attached hydrogen (secondary N) is 1. The van der Waals surface area contributed by atoms with Gasteiger partial charge in [0, 0.05) is 23.2 Å². The number of ether oxygens (including phenoxy) is 1. The molecule has 0 aliphatic rings. The predicted molar refractivity (Wildman–Crippen MR) is 85.3 cm³/mol. The number of nitro groups is 1. The van der Waals surface area contributed by atoms with Gasteiger partial charge in [-0.3, -0.25) is 10.1 Å². The number of alkyl halides is 3. The fourth-order valence-electron chi connectivity index (χ4n) is 1.99. The van der Waals surface area contributed by atoms with Gasteiger partial charge in [0.25, 0.3) is 5.69 Å². The molecule has 0 spiro atoms. The van der Waals surface area contributed by atoms with Gasteiger partial charge in [-0.15, -0.1) is 13.2 Å². The van der Waals surface area contributed by atoms with Gasteiger partial charge in [0.15, 0.2) is 4.90 Å². The van der Waals surface area contributed by atoms with E-state index in [0.717, 1.165) is 24.3 Å². The molecule has 0 atom stereocenters. The number of nitro benzene ring substituents is 1. The van der Waals surface area contributed by atoms with E-state index >= 15 is 0 Å². The van der Waals surface area contributed by atoms with Gasteiger partial charge in [-0.05, 0) is 18.2 Å². The first kappa shape index (κ1) is 19.9. The van der Waals surface area contributed by atoms with Crippen LogP contribution in [0, 0.1) is 10.1 Å².